The zero-order chi connectivity index (χ0) is 17.7. The van der Waals surface area contributed by atoms with E-state index in [1.54, 1.807) is 6.07 Å². The Morgan fingerprint density at radius 2 is 1.88 bits per heavy atom. The van der Waals surface area contributed by atoms with Gasteiger partial charge in [0, 0.05) is 38.3 Å². The van der Waals surface area contributed by atoms with Crippen LogP contribution in [0.2, 0.25) is 0 Å². The lowest BCUT2D eigenvalue weighted by molar-refractivity contribution is 0.0955. The van der Waals surface area contributed by atoms with E-state index in [2.05, 4.69) is 17.1 Å². The molecule has 1 N–H and O–H groups in total. The lowest BCUT2D eigenvalue weighted by Crippen LogP contribution is -2.48. The summed E-state index contributed by atoms with van der Waals surface area (Å²) in [4.78, 5) is 14.3. The van der Waals surface area contributed by atoms with Crippen LogP contribution in [0.3, 0.4) is 0 Å². The van der Waals surface area contributed by atoms with Crippen molar-refractivity contribution in [3.05, 3.63) is 23.8 Å². The molecule has 0 spiro atoms. The molecule has 1 aliphatic rings. The molecule has 1 fully saturated rings. The molecule has 0 bridgehead atoms. The van der Waals surface area contributed by atoms with Gasteiger partial charge in [-0.25, -0.2) is 8.42 Å². The van der Waals surface area contributed by atoms with Gasteiger partial charge in [-0.1, -0.05) is 6.92 Å². The Labute approximate surface area is 143 Å². The minimum atomic E-state index is -3.71. The second-order valence-corrected chi connectivity index (χ2v) is 7.47. The van der Waals surface area contributed by atoms with Gasteiger partial charge in [0.15, 0.2) is 0 Å². The molecule has 8 heteroatoms. The number of methoxy groups -OCH3 is 1. The summed E-state index contributed by atoms with van der Waals surface area (Å²) in [5.74, 6) is -0.0478. The number of amides is 1. The van der Waals surface area contributed by atoms with Crippen LogP contribution < -0.4 is 10.1 Å². The first-order chi connectivity index (χ1) is 11.4. The number of benzene rings is 1. The number of carbonyl (C=O) groups excluding carboxylic acids is 1. The van der Waals surface area contributed by atoms with E-state index in [-0.39, 0.29) is 16.6 Å². The van der Waals surface area contributed by atoms with Gasteiger partial charge in [0.1, 0.15) is 10.6 Å². The summed E-state index contributed by atoms with van der Waals surface area (Å²) in [5, 5.41) is 2.68. The SMILES string of the molecule is CCNC(=O)c1ccc(OC)c(S(=O)(=O)N2CCN(CC)CC2)c1. The number of nitrogens with one attached hydrogen (secondary N) is 1. The number of hydrogen-bond acceptors (Lipinski definition) is 5. The number of sulfonamides is 1. The Morgan fingerprint density at radius 1 is 1.21 bits per heavy atom. The first kappa shape index (κ1) is 18.7. The van der Waals surface area contributed by atoms with Gasteiger partial charge in [-0.2, -0.15) is 4.31 Å². The number of nitrogens with zero attached hydrogens (tertiary/aromatic N) is 2. The largest absolute Gasteiger partial charge is 0.495 e. The monoisotopic (exact) mass is 355 g/mol. The van der Waals surface area contributed by atoms with Crippen LogP contribution in [-0.2, 0) is 10.0 Å². The highest BCUT2D eigenvalue weighted by Gasteiger charge is 2.31. The van der Waals surface area contributed by atoms with Crippen molar-refractivity contribution in [1.82, 2.24) is 14.5 Å². The molecule has 2 rings (SSSR count). The van der Waals surface area contributed by atoms with E-state index in [0.29, 0.717) is 38.3 Å². The Kier molecular flexibility index (Phi) is 6.20. The molecular formula is C16H25N3O4S. The highest BCUT2D eigenvalue weighted by atomic mass is 32.2. The van der Waals surface area contributed by atoms with Crippen LogP contribution in [0.5, 0.6) is 5.75 Å². The van der Waals surface area contributed by atoms with Crippen molar-refractivity contribution in [1.29, 1.82) is 0 Å². The Hall–Kier alpha value is -1.64. The first-order valence-electron chi connectivity index (χ1n) is 8.12. The molecule has 1 aromatic carbocycles. The van der Waals surface area contributed by atoms with Gasteiger partial charge in [0.25, 0.3) is 5.91 Å². The zero-order valence-corrected chi connectivity index (χ0v) is 15.2. The summed E-state index contributed by atoms with van der Waals surface area (Å²) in [6.07, 6.45) is 0. The van der Waals surface area contributed by atoms with Crippen LogP contribution in [0, 0.1) is 0 Å². The van der Waals surface area contributed by atoms with E-state index in [9.17, 15) is 13.2 Å². The Bertz CT molecular complexity index is 683. The third kappa shape index (κ3) is 3.88. The highest BCUT2D eigenvalue weighted by Crippen LogP contribution is 2.28. The number of rotatable bonds is 6. The fourth-order valence-electron chi connectivity index (χ4n) is 2.71. The van der Waals surface area contributed by atoms with Gasteiger partial charge >= 0.3 is 0 Å². The van der Waals surface area contributed by atoms with Crippen LogP contribution in [0.4, 0.5) is 0 Å². The molecule has 1 aliphatic heterocycles. The highest BCUT2D eigenvalue weighted by molar-refractivity contribution is 7.89. The standard InChI is InChI=1S/C16H25N3O4S/c1-4-17-16(20)13-6-7-14(23-3)15(12-13)24(21,22)19-10-8-18(5-2)9-11-19/h6-7,12H,4-5,8-11H2,1-3H3,(H,17,20). The summed E-state index contributed by atoms with van der Waals surface area (Å²) < 4.78 is 32.6. The van der Waals surface area contributed by atoms with Crippen molar-refractivity contribution in [2.45, 2.75) is 18.7 Å². The number of piperazine rings is 1. The molecule has 7 nitrogen and oxygen atoms in total. The molecule has 0 aliphatic carbocycles. The van der Waals surface area contributed by atoms with E-state index < -0.39 is 10.0 Å². The van der Waals surface area contributed by atoms with Crippen molar-refractivity contribution in [2.75, 3.05) is 46.4 Å². The Morgan fingerprint density at radius 3 is 2.42 bits per heavy atom. The number of likely N-dealkylation sites (N-methyl/N-ethyl adjacent to an activating group) is 1. The van der Waals surface area contributed by atoms with E-state index in [4.69, 9.17) is 4.74 Å². The third-order valence-electron chi connectivity index (χ3n) is 4.16. The number of carbonyl (C=O) groups is 1. The normalized spacial score (nSPS) is 16.8. The number of hydrogen-bond donors (Lipinski definition) is 1. The van der Waals surface area contributed by atoms with Gasteiger partial charge in [0.05, 0.1) is 7.11 Å². The van der Waals surface area contributed by atoms with Crippen LogP contribution in [0.25, 0.3) is 0 Å². The maximum Gasteiger partial charge on any atom is 0.251 e. The predicted molar refractivity (Wildman–Crippen MR) is 91.9 cm³/mol. The quantitative estimate of drug-likeness (QED) is 0.815. The van der Waals surface area contributed by atoms with Crippen molar-refractivity contribution in [2.24, 2.45) is 0 Å². The molecule has 24 heavy (non-hydrogen) atoms. The zero-order valence-electron chi connectivity index (χ0n) is 14.4. The van der Waals surface area contributed by atoms with Crippen molar-refractivity contribution in [3.8, 4) is 5.75 Å². The van der Waals surface area contributed by atoms with Gasteiger partial charge in [-0.3, -0.25) is 4.79 Å². The van der Waals surface area contributed by atoms with Gasteiger partial charge in [-0.15, -0.1) is 0 Å². The number of ether oxygens (including phenoxy) is 1. The second kappa shape index (κ2) is 7.96. The maximum atomic E-state index is 13.0. The molecular weight excluding hydrogens is 330 g/mol. The lowest BCUT2D eigenvalue weighted by atomic mass is 10.2. The van der Waals surface area contributed by atoms with E-state index >= 15 is 0 Å². The summed E-state index contributed by atoms with van der Waals surface area (Å²) >= 11 is 0. The van der Waals surface area contributed by atoms with Crippen molar-refractivity contribution >= 4 is 15.9 Å². The van der Waals surface area contributed by atoms with Crippen LogP contribution in [0.15, 0.2) is 23.1 Å². The molecule has 1 aromatic rings. The summed E-state index contributed by atoms with van der Waals surface area (Å²) in [6, 6.07) is 4.49. The van der Waals surface area contributed by atoms with Gasteiger partial charge in [0.2, 0.25) is 10.0 Å². The topological polar surface area (TPSA) is 78.9 Å². The molecule has 1 heterocycles. The minimum Gasteiger partial charge on any atom is -0.495 e. The summed E-state index contributed by atoms with van der Waals surface area (Å²) in [7, 11) is -2.28. The lowest BCUT2D eigenvalue weighted by Gasteiger charge is -2.33. The molecule has 1 saturated heterocycles. The van der Waals surface area contributed by atoms with Crippen LogP contribution in [-0.4, -0.2) is 69.9 Å². The minimum absolute atomic E-state index is 0.0405. The second-order valence-electron chi connectivity index (χ2n) is 5.56. The molecule has 1 amide bonds. The molecule has 0 saturated carbocycles. The van der Waals surface area contributed by atoms with Crippen molar-refractivity contribution in [3.63, 3.8) is 0 Å². The fourth-order valence-corrected chi connectivity index (χ4v) is 4.31. The smallest absolute Gasteiger partial charge is 0.251 e. The van der Waals surface area contributed by atoms with E-state index in [1.165, 1.54) is 23.5 Å². The average Bonchev–Trinajstić information content (AvgIpc) is 2.61. The average molecular weight is 355 g/mol. The van der Waals surface area contributed by atoms with Gasteiger partial charge in [-0.05, 0) is 31.7 Å². The van der Waals surface area contributed by atoms with Gasteiger partial charge < -0.3 is 15.0 Å². The third-order valence-corrected chi connectivity index (χ3v) is 6.08. The van der Waals surface area contributed by atoms with Crippen molar-refractivity contribution < 1.29 is 17.9 Å². The van der Waals surface area contributed by atoms with E-state index in [1.807, 2.05) is 6.92 Å². The molecule has 134 valence electrons. The Balaban J connectivity index is 2.34. The maximum absolute atomic E-state index is 13.0. The molecule has 0 atom stereocenters. The van der Waals surface area contributed by atoms with Crippen LogP contribution >= 0.6 is 0 Å². The summed E-state index contributed by atoms with van der Waals surface area (Å²) in [5.41, 5.74) is 0.309. The van der Waals surface area contributed by atoms with Crippen LogP contribution in [0.1, 0.15) is 24.2 Å². The van der Waals surface area contributed by atoms with E-state index in [0.717, 1.165) is 6.54 Å². The fraction of sp³-hybridized carbons (Fsp3) is 0.562. The first-order valence-corrected chi connectivity index (χ1v) is 9.56. The predicted octanol–water partition coefficient (Wildman–Crippen LogP) is 0.771. The molecule has 0 aromatic heterocycles. The molecule has 0 unspecified atom stereocenters. The molecule has 0 radical (unpaired) electrons. The summed E-state index contributed by atoms with van der Waals surface area (Å²) in [6.45, 7) is 7.53.